The van der Waals surface area contributed by atoms with Gasteiger partial charge in [0, 0.05) is 5.56 Å². The van der Waals surface area contributed by atoms with Crippen LogP contribution in [0, 0.1) is 5.82 Å². The van der Waals surface area contributed by atoms with Crippen LogP contribution in [0.2, 0.25) is 0 Å². The van der Waals surface area contributed by atoms with Crippen LogP contribution in [0.5, 0.6) is 0 Å². The van der Waals surface area contributed by atoms with Crippen molar-refractivity contribution in [2.75, 3.05) is 0 Å². The first-order chi connectivity index (χ1) is 7.18. The van der Waals surface area contributed by atoms with Gasteiger partial charge in [-0.3, -0.25) is 0 Å². The van der Waals surface area contributed by atoms with Gasteiger partial charge in [0.15, 0.2) is 0 Å². The molecule has 0 bridgehead atoms. The van der Waals surface area contributed by atoms with E-state index in [0.29, 0.717) is 11.1 Å². The van der Waals surface area contributed by atoms with Crippen LogP contribution in [-0.4, -0.2) is 11.1 Å². The Kier molecular flexibility index (Phi) is 2.51. The lowest BCUT2D eigenvalue weighted by Crippen LogP contribution is -1.97. The number of benzene rings is 1. The summed E-state index contributed by atoms with van der Waals surface area (Å²) in [5.74, 6) is -1.45. The van der Waals surface area contributed by atoms with Gasteiger partial charge in [-0.1, -0.05) is 0 Å². The Hall–Kier alpha value is -1.68. The standard InChI is InChI=1S/C11H7FO2S/c12-10-2-1-7(11(13)14)5-9(10)8-3-4-15-6-8/h1-6H,(H,13,14). The number of thiophene rings is 1. The summed E-state index contributed by atoms with van der Waals surface area (Å²) < 4.78 is 13.4. The Balaban J connectivity index is 2.55. The first-order valence-corrected chi connectivity index (χ1v) is 5.18. The zero-order chi connectivity index (χ0) is 10.8. The molecule has 0 saturated heterocycles. The molecule has 1 heterocycles. The van der Waals surface area contributed by atoms with E-state index in [9.17, 15) is 9.18 Å². The molecule has 0 aliphatic heterocycles. The van der Waals surface area contributed by atoms with Crippen LogP contribution in [0.25, 0.3) is 11.1 Å². The molecular weight excluding hydrogens is 215 g/mol. The minimum atomic E-state index is -1.05. The summed E-state index contributed by atoms with van der Waals surface area (Å²) in [4.78, 5) is 10.7. The van der Waals surface area contributed by atoms with Crippen LogP contribution in [0.1, 0.15) is 10.4 Å². The molecule has 0 aliphatic carbocycles. The Morgan fingerprint density at radius 3 is 2.73 bits per heavy atom. The van der Waals surface area contributed by atoms with Crippen molar-refractivity contribution in [3.63, 3.8) is 0 Å². The quantitative estimate of drug-likeness (QED) is 0.846. The van der Waals surface area contributed by atoms with Gasteiger partial charge in [-0.2, -0.15) is 11.3 Å². The molecule has 2 aromatic rings. The Morgan fingerprint density at radius 2 is 2.13 bits per heavy atom. The minimum absolute atomic E-state index is 0.0950. The van der Waals surface area contributed by atoms with Crippen molar-refractivity contribution in [1.82, 2.24) is 0 Å². The summed E-state index contributed by atoms with van der Waals surface area (Å²) in [5.41, 5.74) is 1.13. The van der Waals surface area contributed by atoms with Crippen molar-refractivity contribution in [3.05, 3.63) is 46.4 Å². The lowest BCUT2D eigenvalue weighted by atomic mass is 10.1. The maximum atomic E-state index is 13.4. The second-order valence-electron chi connectivity index (χ2n) is 3.01. The number of aromatic carboxylic acids is 1. The van der Waals surface area contributed by atoms with E-state index in [-0.39, 0.29) is 5.56 Å². The third kappa shape index (κ3) is 1.89. The second kappa shape index (κ2) is 3.82. The van der Waals surface area contributed by atoms with Gasteiger partial charge in [0.1, 0.15) is 5.82 Å². The first-order valence-electron chi connectivity index (χ1n) is 4.24. The number of halogens is 1. The molecule has 0 radical (unpaired) electrons. The van der Waals surface area contributed by atoms with Gasteiger partial charge >= 0.3 is 5.97 Å². The highest BCUT2D eigenvalue weighted by Crippen LogP contribution is 2.25. The molecule has 0 saturated carbocycles. The molecule has 0 fully saturated rings. The van der Waals surface area contributed by atoms with Gasteiger partial charge in [0.05, 0.1) is 5.56 Å². The monoisotopic (exact) mass is 222 g/mol. The van der Waals surface area contributed by atoms with Crippen molar-refractivity contribution in [2.24, 2.45) is 0 Å². The Morgan fingerprint density at radius 1 is 1.33 bits per heavy atom. The highest BCUT2D eigenvalue weighted by atomic mass is 32.1. The SMILES string of the molecule is O=C(O)c1ccc(F)c(-c2ccsc2)c1. The third-order valence-corrected chi connectivity index (χ3v) is 2.73. The van der Waals surface area contributed by atoms with Crippen molar-refractivity contribution in [3.8, 4) is 11.1 Å². The van der Waals surface area contributed by atoms with Gasteiger partial charge < -0.3 is 5.11 Å². The van der Waals surface area contributed by atoms with E-state index in [0.717, 1.165) is 0 Å². The molecule has 0 amide bonds. The van der Waals surface area contributed by atoms with E-state index >= 15 is 0 Å². The predicted molar refractivity (Wildman–Crippen MR) is 56.7 cm³/mol. The molecule has 1 aromatic carbocycles. The molecule has 76 valence electrons. The molecule has 0 aliphatic rings. The number of hydrogen-bond donors (Lipinski definition) is 1. The summed E-state index contributed by atoms with van der Waals surface area (Å²) in [6.45, 7) is 0. The molecular formula is C11H7FO2S. The summed E-state index contributed by atoms with van der Waals surface area (Å²) in [7, 11) is 0. The van der Waals surface area contributed by atoms with Crippen LogP contribution >= 0.6 is 11.3 Å². The summed E-state index contributed by atoms with van der Waals surface area (Å²) in [6, 6.07) is 5.54. The van der Waals surface area contributed by atoms with Gasteiger partial charge in [0.25, 0.3) is 0 Å². The highest BCUT2D eigenvalue weighted by Gasteiger charge is 2.09. The Bertz CT molecular complexity index is 491. The largest absolute Gasteiger partial charge is 0.478 e. The van der Waals surface area contributed by atoms with E-state index in [1.165, 1.54) is 29.5 Å². The molecule has 1 N–H and O–H groups in total. The normalized spacial score (nSPS) is 10.2. The molecule has 0 spiro atoms. The van der Waals surface area contributed by atoms with E-state index < -0.39 is 11.8 Å². The van der Waals surface area contributed by atoms with E-state index in [2.05, 4.69) is 0 Å². The van der Waals surface area contributed by atoms with Crippen molar-refractivity contribution in [1.29, 1.82) is 0 Å². The van der Waals surface area contributed by atoms with Crippen LogP contribution < -0.4 is 0 Å². The highest BCUT2D eigenvalue weighted by molar-refractivity contribution is 7.08. The maximum absolute atomic E-state index is 13.4. The summed E-state index contributed by atoms with van der Waals surface area (Å²) in [6.07, 6.45) is 0. The van der Waals surface area contributed by atoms with Gasteiger partial charge in [-0.05, 0) is 40.6 Å². The molecule has 4 heteroatoms. The zero-order valence-electron chi connectivity index (χ0n) is 7.61. The number of rotatable bonds is 2. The number of carboxylic acids is 1. The lowest BCUT2D eigenvalue weighted by Gasteiger charge is -2.01. The molecule has 0 unspecified atom stereocenters. The average Bonchev–Trinajstić information content (AvgIpc) is 2.71. The molecule has 2 nitrogen and oxygen atoms in total. The minimum Gasteiger partial charge on any atom is -0.478 e. The van der Waals surface area contributed by atoms with Crippen LogP contribution in [0.3, 0.4) is 0 Å². The van der Waals surface area contributed by atoms with Gasteiger partial charge in [-0.25, -0.2) is 9.18 Å². The molecule has 1 aromatic heterocycles. The lowest BCUT2D eigenvalue weighted by molar-refractivity contribution is 0.0697. The summed E-state index contributed by atoms with van der Waals surface area (Å²) in [5, 5.41) is 12.4. The smallest absolute Gasteiger partial charge is 0.335 e. The molecule has 0 atom stereocenters. The second-order valence-corrected chi connectivity index (χ2v) is 3.79. The molecule has 2 rings (SSSR count). The van der Waals surface area contributed by atoms with E-state index in [4.69, 9.17) is 5.11 Å². The van der Waals surface area contributed by atoms with Gasteiger partial charge in [-0.15, -0.1) is 0 Å². The van der Waals surface area contributed by atoms with Crippen molar-refractivity contribution >= 4 is 17.3 Å². The van der Waals surface area contributed by atoms with Crippen molar-refractivity contribution < 1.29 is 14.3 Å². The van der Waals surface area contributed by atoms with Crippen LogP contribution in [0.4, 0.5) is 4.39 Å². The fourth-order valence-electron chi connectivity index (χ4n) is 1.30. The number of carbonyl (C=O) groups is 1. The first kappa shape index (κ1) is 9.86. The van der Waals surface area contributed by atoms with Crippen LogP contribution in [0.15, 0.2) is 35.0 Å². The van der Waals surface area contributed by atoms with Crippen LogP contribution in [-0.2, 0) is 0 Å². The van der Waals surface area contributed by atoms with Crippen molar-refractivity contribution in [2.45, 2.75) is 0 Å². The predicted octanol–water partition coefficient (Wildman–Crippen LogP) is 3.25. The third-order valence-electron chi connectivity index (χ3n) is 2.05. The fraction of sp³-hybridized carbons (Fsp3) is 0. The number of hydrogen-bond acceptors (Lipinski definition) is 2. The van der Waals surface area contributed by atoms with E-state index in [1.54, 1.807) is 11.4 Å². The average molecular weight is 222 g/mol. The Labute approximate surface area is 89.6 Å². The van der Waals surface area contributed by atoms with Gasteiger partial charge in [0.2, 0.25) is 0 Å². The zero-order valence-corrected chi connectivity index (χ0v) is 8.42. The topological polar surface area (TPSA) is 37.3 Å². The maximum Gasteiger partial charge on any atom is 0.335 e. The number of carboxylic acid groups (broad SMARTS) is 1. The van der Waals surface area contributed by atoms with E-state index in [1.807, 2.05) is 5.38 Å². The fourth-order valence-corrected chi connectivity index (χ4v) is 1.95. The summed E-state index contributed by atoms with van der Waals surface area (Å²) >= 11 is 1.44. The molecule has 15 heavy (non-hydrogen) atoms.